The molecule has 2 heterocycles. The lowest BCUT2D eigenvalue weighted by Gasteiger charge is -2.09. The fourth-order valence-corrected chi connectivity index (χ4v) is 5.14. The van der Waals surface area contributed by atoms with E-state index in [1.54, 1.807) is 11.5 Å². The van der Waals surface area contributed by atoms with E-state index in [9.17, 15) is 9.59 Å². The Kier molecular flexibility index (Phi) is 8.40. The van der Waals surface area contributed by atoms with Gasteiger partial charge in [-0.2, -0.15) is 0 Å². The summed E-state index contributed by atoms with van der Waals surface area (Å²) in [5, 5.41) is 14.2. The van der Waals surface area contributed by atoms with E-state index >= 15 is 0 Å². The van der Waals surface area contributed by atoms with Gasteiger partial charge in [0.1, 0.15) is 22.9 Å². The Morgan fingerprint density at radius 1 is 1.08 bits per heavy atom. The second-order valence-electron chi connectivity index (χ2n) is 7.79. The Bertz CT molecular complexity index is 1350. The molecule has 4 aromatic rings. The fraction of sp³-hybridized carbons (Fsp3) is 0.231. The number of aryl methyl sites for hydroxylation is 1. The first-order chi connectivity index (χ1) is 17.5. The highest BCUT2D eigenvalue weighted by Gasteiger charge is 2.23. The quantitative estimate of drug-likeness (QED) is 0.222. The molecule has 0 saturated heterocycles. The first kappa shape index (κ1) is 25.5. The first-order valence-corrected chi connectivity index (χ1v) is 13.2. The number of rotatable bonds is 10. The van der Waals surface area contributed by atoms with Gasteiger partial charge in [0.05, 0.1) is 12.4 Å². The third-order valence-electron chi connectivity index (χ3n) is 5.32. The number of carbonyl (C=O) groups is 2. The van der Waals surface area contributed by atoms with E-state index in [0.717, 1.165) is 22.4 Å². The number of nitrogens with zero attached hydrogens (tertiary/aromatic N) is 3. The lowest BCUT2D eigenvalue weighted by molar-refractivity contribution is -0.113. The molecule has 0 saturated carbocycles. The van der Waals surface area contributed by atoms with Crippen LogP contribution in [0.1, 0.15) is 28.7 Å². The van der Waals surface area contributed by atoms with Gasteiger partial charge < -0.3 is 19.4 Å². The second kappa shape index (κ2) is 11.9. The van der Waals surface area contributed by atoms with Crippen LogP contribution >= 0.6 is 23.1 Å². The van der Waals surface area contributed by atoms with Crippen molar-refractivity contribution in [3.05, 3.63) is 76.9 Å². The molecule has 4 rings (SSSR count). The molecule has 0 atom stereocenters. The summed E-state index contributed by atoms with van der Waals surface area (Å²) in [5.74, 6) is 0.819. The van der Waals surface area contributed by atoms with Crippen molar-refractivity contribution in [2.24, 2.45) is 7.05 Å². The Balaban J connectivity index is 1.41. The monoisotopic (exact) mass is 522 g/mol. The lowest BCUT2D eigenvalue weighted by Crippen LogP contribution is -2.16. The highest BCUT2D eigenvalue weighted by Crippen LogP contribution is 2.36. The van der Waals surface area contributed by atoms with Crippen molar-refractivity contribution in [2.45, 2.75) is 25.6 Å². The van der Waals surface area contributed by atoms with Gasteiger partial charge in [-0.05, 0) is 31.0 Å². The van der Waals surface area contributed by atoms with Gasteiger partial charge in [-0.1, -0.05) is 60.3 Å². The van der Waals surface area contributed by atoms with Crippen LogP contribution in [0.3, 0.4) is 0 Å². The number of hydrogen-bond acceptors (Lipinski definition) is 8. The highest BCUT2D eigenvalue weighted by atomic mass is 32.2. The summed E-state index contributed by atoms with van der Waals surface area (Å²) < 4.78 is 12.9. The average molecular weight is 523 g/mol. The molecule has 10 heteroatoms. The molecule has 186 valence electrons. The van der Waals surface area contributed by atoms with E-state index in [1.807, 2.05) is 73.9 Å². The van der Waals surface area contributed by atoms with Crippen molar-refractivity contribution in [3.8, 4) is 16.9 Å². The molecule has 36 heavy (non-hydrogen) atoms. The molecule has 0 bridgehead atoms. The zero-order valence-corrected chi connectivity index (χ0v) is 21.8. The maximum atomic E-state index is 12.8. The van der Waals surface area contributed by atoms with Gasteiger partial charge in [-0.25, -0.2) is 4.79 Å². The molecule has 0 aliphatic heterocycles. The van der Waals surface area contributed by atoms with Gasteiger partial charge in [0.15, 0.2) is 11.0 Å². The van der Waals surface area contributed by atoms with Crippen LogP contribution < -0.4 is 10.1 Å². The lowest BCUT2D eigenvalue weighted by atomic mass is 10.0. The smallest absolute Gasteiger partial charge is 0.341 e. The Hall–Kier alpha value is -3.63. The van der Waals surface area contributed by atoms with Crippen LogP contribution in [-0.4, -0.2) is 39.0 Å². The topological polar surface area (TPSA) is 95.3 Å². The minimum Gasteiger partial charge on any atom is -0.485 e. The zero-order chi connectivity index (χ0) is 25.5. The number of nitrogens with one attached hydrogen (secondary N) is 1. The number of benzene rings is 2. The number of aromatic nitrogens is 3. The van der Waals surface area contributed by atoms with E-state index in [0.29, 0.717) is 21.5 Å². The van der Waals surface area contributed by atoms with Crippen molar-refractivity contribution in [3.63, 3.8) is 0 Å². The molecule has 8 nitrogen and oxygen atoms in total. The van der Waals surface area contributed by atoms with Crippen molar-refractivity contribution in [1.29, 1.82) is 0 Å². The van der Waals surface area contributed by atoms with E-state index in [4.69, 9.17) is 9.47 Å². The molecule has 1 N–H and O–H groups in total. The zero-order valence-electron chi connectivity index (χ0n) is 20.2. The summed E-state index contributed by atoms with van der Waals surface area (Å²) in [6.07, 6.45) is 0. The minimum absolute atomic E-state index is 0.103. The normalized spacial score (nSPS) is 10.8. The van der Waals surface area contributed by atoms with Crippen LogP contribution in [0.4, 0.5) is 5.00 Å². The van der Waals surface area contributed by atoms with Crippen LogP contribution in [0.2, 0.25) is 0 Å². The molecular formula is C26H26N4O4S2. The molecule has 0 radical (unpaired) electrons. The van der Waals surface area contributed by atoms with Gasteiger partial charge in [0, 0.05) is 18.0 Å². The van der Waals surface area contributed by atoms with Crippen LogP contribution in [0.15, 0.2) is 65.1 Å². The van der Waals surface area contributed by atoms with Crippen molar-refractivity contribution >= 4 is 40.0 Å². The minimum atomic E-state index is -0.466. The highest BCUT2D eigenvalue weighted by molar-refractivity contribution is 7.99. The van der Waals surface area contributed by atoms with Gasteiger partial charge in [0.2, 0.25) is 5.91 Å². The predicted octanol–water partition coefficient (Wildman–Crippen LogP) is 5.34. The molecule has 0 fully saturated rings. The number of anilines is 1. The molecule has 0 spiro atoms. The largest absolute Gasteiger partial charge is 0.485 e. The van der Waals surface area contributed by atoms with Crippen molar-refractivity contribution in [2.75, 3.05) is 17.7 Å². The van der Waals surface area contributed by atoms with Crippen LogP contribution in [0, 0.1) is 6.92 Å². The van der Waals surface area contributed by atoms with E-state index in [2.05, 4.69) is 15.5 Å². The third kappa shape index (κ3) is 5.95. The Labute approximate surface area is 217 Å². The van der Waals surface area contributed by atoms with Crippen molar-refractivity contribution in [1.82, 2.24) is 14.8 Å². The Morgan fingerprint density at radius 2 is 1.83 bits per heavy atom. The number of esters is 1. The van der Waals surface area contributed by atoms with Gasteiger partial charge in [0.25, 0.3) is 0 Å². The summed E-state index contributed by atoms with van der Waals surface area (Å²) in [6, 6.07) is 17.3. The number of hydrogen-bond donors (Lipinski definition) is 1. The number of para-hydroxylation sites is 1. The molecule has 2 aromatic heterocycles. The second-order valence-corrected chi connectivity index (χ2v) is 9.61. The standard InChI is InChI=1S/C26H26N4O4S2/c1-4-33-25(32)23-19(18-11-6-5-7-12-18)15-35-24(23)27-22(31)16-36-26-29-28-21(30(26)3)14-34-20-13-9-8-10-17(20)2/h5-13,15H,4,14,16H2,1-3H3,(H,27,31). The number of thioether (sulfide) groups is 1. The van der Waals surface area contributed by atoms with Crippen molar-refractivity contribution < 1.29 is 19.1 Å². The van der Waals surface area contributed by atoms with Crippen LogP contribution in [0.5, 0.6) is 5.75 Å². The maximum Gasteiger partial charge on any atom is 0.341 e. The predicted molar refractivity (Wildman–Crippen MR) is 142 cm³/mol. The maximum absolute atomic E-state index is 12.8. The van der Waals surface area contributed by atoms with Crippen LogP contribution in [0.25, 0.3) is 11.1 Å². The number of ether oxygens (including phenoxy) is 2. The van der Waals surface area contributed by atoms with E-state index in [1.165, 1.54) is 23.1 Å². The Morgan fingerprint density at radius 3 is 2.58 bits per heavy atom. The SMILES string of the molecule is CCOC(=O)c1c(-c2ccccc2)csc1NC(=O)CSc1nnc(COc2ccccc2C)n1C. The summed E-state index contributed by atoms with van der Waals surface area (Å²) in [4.78, 5) is 25.5. The van der Waals surface area contributed by atoms with E-state index in [-0.39, 0.29) is 24.9 Å². The summed E-state index contributed by atoms with van der Waals surface area (Å²) in [5.41, 5.74) is 3.01. The molecule has 0 aliphatic rings. The molecule has 0 unspecified atom stereocenters. The summed E-state index contributed by atoms with van der Waals surface area (Å²) >= 11 is 2.55. The molecule has 0 aliphatic carbocycles. The van der Waals surface area contributed by atoms with Gasteiger partial charge in [-0.3, -0.25) is 4.79 Å². The third-order valence-corrected chi connectivity index (χ3v) is 7.23. The number of thiophene rings is 1. The first-order valence-electron chi connectivity index (χ1n) is 11.3. The fourth-order valence-electron chi connectivity index (χ4n) is 3.44. The molecule has 2 aromatic carbocycles. The van der Waals surface area contributed by atoms with Crippen LogP contribution in [-0.2, 0) is 23.2 Å². The molecule has 1 amide bonds. The average Bonchev–Trinajstić information content (AvgIpc) is 3.46. The van der Waals surface area contributed by atoms with Gasteiger partial charge >= 0.3 is 5.97 Å². The summed E-state index contributed by atoms with van der Waals surface area (Å²) in [7, 11) is 1.83. The molecular weight excluding hydrogens is 496 g/mol. The number of carbonyl (C=O) groups excluding carboxylic acids is 2. The van der Waals surface area contributed by atoms with E-state index < -0.39 is 5.97 Å². The number of amides is 1. The summed E-state index contributed by atoms with van der Waals surface area (Å²) in [6.45, 7) is 4.24. The van der Waals surface area contributed by atoms with Gasteiger partial charge in [-0.15, -0.1) is 21.5 Å².